The molecule has 0 bridgehead atoms. The van der Waals surface area contributed by atoms with Crippen LogP contribution < -0.4 is 10.6 Å². The van der Waals surface area contributed by atoms with Gasteiger partial charge < -0.3 is 15.1 Å². The zero-order valence-corrected chi connectivity index (χ0v) is 13.2. The summed E-state index contributed by atoms with van der Waals surface area (Å²) >= 11 is 0. The minimum absolute atomic E-state index is 0.0156. The minimum atomic E-state index is -0.252. The molecule has 2 rings (SSSR count). The number of nitrogens with one attached hydrogen (secondary N) is 2. The van der Waals surface area contributed by atoms with Crippen LogP contribution in [0.3, 0.4) is 0 Å². The standard InChI is InChI=1S/C18H20N2O3/c1-13(2)12-18(22)20-15-7-5-14(6-8-15)19-17(21)10-9-16-4-3-11-23-16/h3-11,13H,12H2,1-2H3,(H,19,21)(H,20,22)/b10-9+. The van der Waals surface area contributed by atoms with Gasteiger partial charge in [0.05, 0.1) is 6.26 Å². The van der Waals surface area contributed by atoms with E-state index in [4.69, 9.17) is 4.42 Å². The van der Waals surface area contributed by atoms with Crippen molar-refractivity contribution in [2.45, 2.75) is 20.3 Å². The summed E-state index contributed by atoms with van der Waals surface area (Å²) < 4.78 is 5.11. The molecule has 2 aromatic rings. The third-order valence-corrected chi connectivity index (χ3v) is 2.97. The van der Waals surface area contributed by atoms with Gasteiger partial charge in [0.25, 0.3) is 0 Å². The quantitative estimate of drug-likeness (QED) is 0.794. The van der Waals surface area contributed by atoms with Crippen LogP contribution in [0.25, 0.3) is 6.08 Å². The average molecular weight is 312 g/mol. The maximum absolute atomic E-state index is 11.8. The average Bonchev–Trinajstić information content (AvgIpc) is 3.00. The van der Waals surface area contributed by atoms with Gasteiger partial charge in [-0.15, -0.1) is 0 Å². The SMILES string of the molecule is CC(C)CC(=O)Nc1ccc(NC(=O)/C=C/c2ccco2)cc1. The largest absolute Gasteiger partial charge is 0.465 e. The highest BCUT2D eigenvalue weighted by molar-refractivity contribution is 6.02. The van der Waals surface area contributed by atoms with Crippen molar-refractivity contribution in [1.82, 2.24) is 0 Å². The van der Waals surface area contributed by atoms with E-state index in [9.17, 15) is 9.59 Å². The van der Waals surface area contributed by atoms with Crippen LogP contribution in [0.5, 0.6) is 0 Å². The molecule has 5 nitrogen and oxygen atoms in total. The minimum Gasteiger partial charge on any atom is -0.465 e. The van der Waals surface area contributed by atoms with Crippen LogP contribution in [0, 0.1) is 5.92 Å². The van der Waals surface area contributed by atoms with Crippen LogP contribution in [0.2, 0.25) is 0 Å². The first-order valence-electron chi connectivity index (χ1n) is 7.45. The van der Waals surface area contributed by atoms with Crippen LogP contribution in [0.4, 0.5) is 11.4 Å². The Bertz CT molecular complexity index is 671. The Morgan fingerprint density at radius 2 is 1.74 bits per heavy atom. The summed E-state index contributed by atoms with van der Waals surface area (Å²) in [6.07, 6.45) is 5.02. The molecular formula is C18H20N2O3. The topological polar surface area (TPSA) is 71.3 Å². The van der Waals surface area contributed by atoms with E-state index in [1.807, 2.05) is 13.8 Å². The third kappa shape index (κ3) is 5.82. The first-order chi connectivity index (χ1) is 11.0. The number of hydrogen-bond donors (Lipinski definition) is 2. The zero-order chi connectivity index (χ0) is 16.7. The summed E-state index contributed by atoms with van der Waals surface area (Å²) in [6.45, 7) is 3.99. The predicted molar refractivity (Wildman–Crippen MR) is 90.9 cm³/mol. The van der Waals surface area contributed by atoms with Gasteiger partial charge in [-0.25, -0.2) is 0 Å². The molecule has 0 spiro atoms. The van der Waals surface area contributed by atoms with Crippen LogP contribution >= 0.6 is 0 Å². The molecule has 1 heterocycles. The lowest BCUT2D eigenvalue weighted by atomic mass is 10.1. The van der Waals surface area contributed by atoms with Crippen molar-refractivity contribution < 1.29 is 14.0 Å². The molecule has 0 radical (unpaired) electrons. The fourth-order valence-electron chi connectivity index (χ4n) is 1.95. The Balaban J connectivity index is 1.87. The van der Waals surface area contributed by atoms with Crippen molar-refractivity contribution in [2.75, 3.05) is 10.6 Å². The Hall–Kier alpha value is -2.82. The molecule has 0 aliphatic rings. The molecule has 5 heteroatoms. The van der Waals surface area contributed by atoms with Crippen LogP contribution in [-0.4, -0.2) is 11.8 Å². The van der Waals surface area contributed by atoms with Gasteiger partial charge in [0, 0.05) is 23.9 Å². The lowest BCUT2D eigenvalue weighted by Crippen LogP contribution is -2.14. The molecule has 2 amide bonds. The van der Waals surface area contributed by atoms with Gasteiger partial charge >= 0.3 is 0 Å². The number of rotatable bonds is 6. The summed E-state index contributed by atoms with van der Waals surface area (Å²) in [4.78, 5) is 23.5. The summed E-state index contributed by atoms with van der Waals surface area (Å²) in [5, 5.41) is 5.56. The first-order valence-corrected chi connectivity index (χ1v) is 7.45. The van der Waals surface area contributed by atoms with Crippen molar-refractivity contribution in [3.8, 4) is 0 Å². The lowest BCUT2D eigenvalue weighted by Gasteiger charge is -2.08. The molecule has 0 fully saturated rings. The van der Waals surface area contributed by atoms with Crippen molar-refractivity contribution in [2.24, 2.45) is 5.92 Å². The third-order valence-electron chi connectivity index (χ3n) is 2.97. The smallest absolute Gasteiger partial charge is 0.248 e. The van der Waals surface area contributed by atoms with Gasteiger partial charge in [-0.3, -0.25) is 9.59 Å². The highest BCUT2D eigenvalue weighted by Crippen LogP contribution is 2.14. The molecule has 0 saturated heterocycles. The van der Waals surface area contributed by atoms with Gasteiger partial charge in [-0.2, -0.15) is 0 Å². The molecule has 2 N–H and O–H groups in total. The van der Waals surface area contributed by atoms with E-state index in [0.717, 1.165) is 0 Å². The Kier molecular flexibility index (Phi) is 5.74. The van der Waals surface area contributed by atoms with E-state index in [0.29, 0.717) is 29.5 Å². The summed E-state index contributed by atoms with van der Waals surface area (Å²) in [6, 6.07) is 10.5. The summed E-state index contributed by atoms with van der Waals surface area (Å²) in [5.74, 6) is 0.661. The van der Waals surface area contributed by atoms with Crippen LogP contribution in [0.15, 0.2) is 53.2 Å². The van der Waals surface area contributed by atoms with Gasteiger partial charge in [-0.1, -0.05) is 13.8 Å². The molecular weight excluding hydrogens is 292 g/mol. The zero-order valence-electron chi connectivity index (χ0n) is 13.2. The van der Waals surface area contributed by atoms with Crippen molar-refractivity contribution in [3.63, 3.8) is 0 Å². The predicted octanol–water partition coefficient (Wildman–Crippen LogP) is 3.92. The fraction of sp³-hybridized carbons (Fsp3) is 0.222. The summed E-state index contributed by atoms with van der Waals surface area (Å²) in [7, 11) is 0. The number of anilines is 2. The summed E-state index contributed by atoms with van der Waals surface area (Å²) in [5.41, 5.74) is 1.36. The van der Waals surface area contributed by atoms with E-state index in [2.05, 4.69) is 10.6 Å². The van der Waals surface area contributed by atoms with E-state index >= 15 is 0 Å². The molecule has 1 aromatic carbocycles. The van der Waals surface area contributed by atoms with E-state index in [1.54, 1.807) is 48.7 Å². The molecule has 23 heavy (non-hydrogen) atoms. The molecule has 1 aromatic heterocycles. The van der Waals surface area contributed by atoms with E-state index < -0.39 is 0 Å². The van der Waals surface area contributed by atoms with E-state index in [1.165, 1.54) is 6.08 Å². The Morgan fingerprint density at radius 1 is 1.09 bits per heavy atom. The lowest BCUT2D eigenvalue weighted by molar-refractivity contribution is -0.117. The van der Waals surface area contributed by atoms with Gasteiger partial charge in [0.15, 0.2) is 0 Å². The molecule has 0 aliphatic heterocycles. The number of hydrogen-bond acceptors (Lipinski definition) is 3. The fourth-order valence-corrected chi connectivity index (χ4v) is 1.95. The number of furan rings is 1. The molecule has 0 atom stereocenters. The van der Waals surface area contributed by atoms with Crippen LogP contribution in [-0.2, 0) is 9.59 Å². The maximum Gasteiger partial charge on any atom is 0.248 e. The van der Waals surface area contributed by atoms with Crippen molar-refractivity contribution in [1.29, 1.82) is 0 Å². The number of amides is 2. The Morgan fingerprint density at radius 3 is 2.30 bits per heavy atom. The number of carbonyl (C=O) groups excluding carboxylic acids is 2. The van der Waals surface area contributed by atoms with Gasteiger partial charge in [0.1, 0.15) is 5.76 Å². The van der Waals surface area contributed by atoms with Crippen molar-refractivity contribution >= 4 is 29.3 Å². The highest BCUT2D eigenvalue weighted by atomic mass is 16.3. The van der Waals surface area contributed by atoms with Crippen molar-refractivity contribution in [3.05, 3.63) is 54.5 Å². The van der Waals surface area contributed by atoms with E-state index in [-0.39, 0.29) is 11.8 Å². The second-order valence-corrected chi connectivity index (χ2v) is 5.56. The molecule has 120 valence electrons. The molecule has 0 aliphatic carbocycles. The highest BCUT2D eigenvalue weighted by Gasteiger charge is 2.05. The number of benzene rings is 1. The normalized spacial score (nSPS) is 10.9. The molecule has 0 unspecified atom stereocenters. The maximum atomic E-state index is 11.8. The monoisotopic (exact) mass is 312 g/mol. The first kappa shape index (κ1) is 16.5. The second-order valence-electron chi connectivity index (χ2n) is 5.56. The van der Waals surface area contributed by atoms with Gasteiger partial charge in [0.2, 0.25) is 11.8 Å². The second kappa shape index (κ2) is 7.98. The number of carbonyl (C=O) groups is 2. The van der Waals surface area contributed by atoms with Crippen LogP contribution in [0.1, 0.15) is 26.0 Å². The van der Waals surface area contributed by atoms with Gasteiger partial charge in [-0.05, 0) is 48.4 Å². The Labute approximate surface area is 135 Å². The molecule has 0 saturated carbocycles.